The van der Waals surface area contributed by atoms with E-state index in [0.717, 1.165) is 48.1 Å². The Morgan fingerprint density at radius 3 is 2.57 bits per heavy atom. The Labute approximate surface area is 209 Å². The number of anilines is 3. The predicted molar refractivity (Wildman–Crippen MR) is 131 cm³/mol. The van der Waals surface area contributed by atoms with Crippen LogP contribution in [0.2, 0.25) is 0 Å². The average molecular weight is 512 g/mol. The number of nitrogen functional groups attached to an aromatic ring is 1. The molecule has 0 unspecified atom stereocenters. The van der Waals surface area contributed by atoms with Crippen LogP contribution in [0.4, 0.5) is 35.3 Å². The van der Waals surface area contributed by atoms with E-state index < -0.39 is 17.8 Å². The number of halogens is 3. The number of nitrogens with one attached hydrogen (secondary N) is 2. The molecule has 10 nitrogen and oxygen atoms in total. The maximum Gasteiger partial charge on any atom is 0.416 e. The molecule has 37 heavy (non-hydrogen) atoms. The molecule has 0 bridgehead atoms. The number of benzene rings is 1. The van der Waals surface area contributed by atoms with E-state index in [2.05, 4.69) is 30.6 Å². The Hall–Kier alpha value is -4.23. The highest BCUT2D eigenvalue weighted by Crippen LogP contribution is 2.34. The Morgan fingerprint density at radius 1 is 1.08 bits per heavy atom. The summed E-state index contributed by atoms with van der Waals surface area (Å²) < 4.78 is 45.9. The van der Waals surface area contributed by atoms with Crippen LogP contribution in [0.25, 0.3) is 16.6 Å². The Balaban J connectivity index is 1.36. The molecule has 1 saturated heterocycles. The minimum Gasteiger partial charge on any atom is -0.382 e. The van der Waals surface area contributed by atoms with Gasteiger partial charge in [-0.25, -0.2) is 19.3 Å². The van der Waals surface area contributed by atoms with E-state index in [-0.39, 0.29) is 5.82 Å². The third-order valence-corrected chi connectivity index (χ3v) is 5.94. The molecule has 0 saturated carbocycles. The fourth-order valence-corrected chi connectivity index (χ4v) is 4.20. The summed E-state index contributed by atoms with van der Waals surface area (Å²) in [6, 6.07) is 7.90. The molecule has 4 N–H and O–H groups in total. The SMILES string of the molecule is Nc1ncnn2cc(CN3CCOCC3)c(-c3ccc(NC(=O)Nc4cc(C(F)(F)F)ccn4)cc3)c12. The molecule has 3 aromatic heterocycles. The summed E-state index contributed by atoms with van der Waals surface area (Å²) in [5.41, 5.74) is 9.16. The van der Waals surface area contributed by atoms with Crippen LogP contribution in [-0.4, -0.2) is 56.8 Å². The maximum absolute atomic E-state index is 12.9. The van der Waals surface area contributed by atoms with Crippen LogP contribution in [0.5, 0.6) is 0 Å². The number of morpholine rings is 1. The summed E-state index contributed by atoms with van der Waals surface area (Å²) in [6.45, 7) is 3.64. The number of nitrogens with two attached hydrogens (primary N) is 1. The molecular weight excluding hydrogens is 489 g/mol. The molecule has 1 aliphatic rings. The smallest absolute Gasteiger partial charge is 0.382 e. The fourth-order valence-electron chi connectivity index (χ4n) is 4.20. The second kappa shape index (κ2) is 10.0. The molecule has 5 rings (SSSR count). The number of urea groups is 1. The van der Waals surface area contributed by atoms with Crippen LogP contribution in [0.3, 0.4) is 0 Å². The van der Waals surface area contributed by atoms with Crippen molar-refractivity contribution < 1.29 is 22.7 Å². The minimum atomic E-state index is -4.54. The Bertz CT molecular complexity index is 1420. The van der Waals surface area contributed by atoms with E-state index in [1.54, 1.807) is 16.6 Å². The van der Waals surface area contributed by atoms with Gasteiger partial charge in [-0.3, -0.25) is 10.2 Å². The van der Waals surface area contributed by atoms with Crippen molar-refractivity contribution in [1.29, 1.82) is 0 Å². The topological polar surface area (TPSA) is 123 Å². The van der Waals surface area contributed by atoms with Crippen molar-refractivity contribution in [3.05, 3.63) is 66.2 Å². The van der Waals surface area contributed by atoms with Crippen molar-refractivity contribution in [3.8, 4) is 11.1 Å². The normalized spacial score (nSPS) is 14.6. The van der Waals surface area contributed by atoms with Crippen LogP contribution < -0.4 is 16.4 Å². The summed E-state index contributed by atoms with van der Waals surface area (Å²) in [4.78, 5) is 22.6. The van der Waals surface area contributed by atoms with Gasteiger partial charge in [-0.1, -0.05) is 12.1 Å². The van der Waals surface area contributed by atoms with Gasteiger partial charge in [0.15, 0.2) is 5.82 Å². The monoisotopic (exact) mass is 512 g/mol. The van der Waals surface area contributed by atoms with Gasteiger partial charge in [0.05, 0.1) is 18.8 Å². The van der Waals surface area contributed by atoms with E-state index in [1.807, 2.05) is 18.3 Å². The van der Waals surface area contributed by atoms with Crippen molar-refractivity contribution in [3.63, 3.8) is 0 Å². The lowest BCUT2D eigenvalue weighted by Gasteiger charge is -2.26. The molecule has 0 spiro atoms. The third kappa shape index (κ3) is 5.47. The predicted octanol–water partition coefficient (Wildman–Crippen LogP) is 3.87. The standard InChI is InChI=1S/C24H23F3N8O2/c25-24(26,27)17-5-6-29-19(11-17)33-23(36)32-18-3-1-15(2-4-18)20-16(12-34-7-9-37-10-8-34)13-35-21(20)22(28)30-14-31-35/h1-6,11,13-14H,7-10,12H2,(H2,28,30,31)(H2,29,32,33,36). The number of aromatic nitrogens is 4. The highest BCUT2D eigenvalue weighted by atomic mass is 19.4. The maximum atomic E-state index is 12.9. The quantitative estimate of drug-likeness (QED) is 0.371. The second-order valence-corrected chi connectivity index (χ2v) is 8.44. The zero-order chi connectivity index (χ0) is 26.0. The number of alkyl halides is 3. The number of nitrogens with zero attached hydrogens (tertiary/aromatic N) is 5. The Kier molecular flexibility index (Phi) is 6.63. The summed E-state index contributed by atoms with van der Waals surface area (Å²) in [7, 11) is 0. The summed E-state index contributed by atoms with van der Waals surface area (Å²) in [6.07, 6.45) is -0.224. The number of hydrogen-bond acceptors (Lipinski definition) is 7. The number of rotatable bonds is 5. The van der Waals surface area contributed by atoms with Gasteiger partial charge in [-0.15, -0.1) is 0 Å². The molecule has 0 radical (unpaired) electrons. The molecule has 192 valence electrons. The zero-order valence-corrected chi connectivity index (χ0v) is 19.5. The lowest BCUT2D eigenvalue weighted by atomic mass is 10.0. The van der Waals surface area contributed by atoms with Crippen LogP contribution in [0.15, 0.2) is 55.1 Å². The summed E-state index contributed by atoms with van der Waals surface area (Å²) >= 11 is 0. The number of carbonyl (C=O) groups is 1. The number of pyridine rings is 1. The van der Waals surface area contributed by atoms with Gasteiger partial charge in [0.1, 0.15) is 17.7 Å². The largest absolute Gasteiger partial charge is 0.416 e. The molecule has 1 aromatic carbocycles. The third-order valence-electron chi connectivity index (χ3n) is 5.94. The molecule has 1 aliphatic heterocycles. The van der Waals surface area contributed by atoms with Gasteiger partial charge in [-0.2, -0.15) is 18.3 Å². The summed E-state index contributed by atoms with van der Waals surface area (Å²) in [5.74, 6) is 0.126. The van der Waals surface area contributed by atoms with E-state index in [4.69, 9.17) is 10.5 Å². The van der Waals surface area contributed by atoms with Gasteiger partial charge in [0, 0.05) is 43.3 Å². The first-order valence-corrected chi connectivity index (χ1v) is 11.4. The zero-order valence-electron chi connectivity index (χ0n) is 19.5. The van der Waals surface area contributed by atoms with Crippen LogP contribution in [0, 0.1) is 0 Å². The molecule has 13 heteroatoms. The second-order valence-electron chi connectivity index (χ2n) is 8.44. The molecule has 0 aliphatic carbocycles. The van der Waals surface area contributed by atoms with E-state index in [1.165, 1.54) is 6.33 Å². The van der Waals surface area contributed by atoms with Crippen molar-refractivity contribution in [2.75, 3.05) is 42.7 Å². The lowest BCUT2D eigenvalue weighted by Crippen LogP contribution is -2.35. The first kappa shape index (κ1) is 24.5. The van der Waals surface area contributed by atoms with Crippen molar-refractivity contribution in [2.24, 2.45) is 0 Å². The molecule has 4 heterocycles. The summed E-state index contributed by atoms with van der Waals surface area (Å²) in [5, 5.41) is 9.22. The van der Waals surface area contributed by atoms with E-state index in [0.29, 0.717) is 36.8 Å². The molecule has 0 atom stereocenters. The molecule has 1 fully saturated rings. The van der Waals surface area contributed by atoms with Crippen LogP contribution in [0.1, 0.15) is 11.1 Å². The number of carbonyl (C=O) groups excluding carboxylic acids is 1. The first-order valence-electron chi connectivity index (χ1n) is 11.4. The van der Waals surface area contributed by atoms with Crippen LogP contribution in [-0.2, 0) is 17.5 Å². The van der Waals surface area contributed by atoms with E-state index >= 15 is 0 Å². The van der Waals surface area contributed by atoms with Gasteiger partial charge in [0.2, 0.25) is 0 Å². The fraction of sp³-hybridized carbons (Fsp3) is 0.250. The van der Waals surface area contributed by atoms with Crippen molar-refractivity contribution in [2.45, 2.75) is 12.7 Å². The lowest BCUT2D eigenvalue weighted by molar-refractivity contribution is -0.137. The number of fused-ring (bicyclic) bond motifs is 1. The van der Waals surface area contributed by atoms with Gasteiger partial charge < -0.3 is 15.8 Å². The number of hydrogen-bond donors (Lipinski definition) is 3. The Morgan fingerprint density at radius 2 is 1.84 bits per heavy atom. The van der Waals surface area contributed by atoms with Gasteiger partial charge in [0.25, 0.3) is 0 Å². The molecule has 2 amide bonds. The van der Waals surface area contributed by atoms with Crippen molar-refractivity contribution >= 4 is 28.9 Å². The average Bonchev–Trinajstić information content (AvgIpc) is 3.24. The van der Waals surface area contributed by atoms with Crippen molar-refractivity contribution in [1.82, 2.24) is 24.5 Å². The number of ether oxygens (including phenoxy) is 1. The number of amides is 2. The minimum absolute atomic E-state index is 0.215. The van der Waals surface area contributed by atoms with Gasteiger partial charge in [-0.05, 0) is 35.4 Å². The first-order chi connectivity index (χ1) is 17.8. The molecule has 4 aromatic rings. The molecular formula is C24H23F3N8O2. The van der Waals surface area contributed by atoms with Gasteiger partial charge >= 0.3 is 12.2 Å². The van der Waals surface area contributed by atoms with Crippen LogP contribution >= 0.6 is 0 Å². The highest BCUT2D eigenvalue weighted by molar-refractivity contribution is 5.99. The van der Waals surface area contributed by atoms with E-state index in [9.17, 15) is 18.0 Å². The highest BCUT2D eigenvalue weighted by Gasteiger charge is 2.31.